The van der Waals surface area contributed by atoms with Crippen molar-refractivity contribution in [3.8, 4) is 16.9 Å². The van der Waals surface area contributed by atoms with Crippen molar-refractivity contribution >= 4 is 23.1 Å². The van der Waals surface area contributed by atoms with Gasteiger partial charge in [0.25, 0.3) is 0 Å². The predicted octanol–water partition coefficient (Wildman–Crippen LogP) is 5.54. The molecule has 0 bridgehead atoms. The molecular weight excluding hydrogens is 548 g/mol. The standard InChI is InChI=1S/C35H38O8/c1-7-21(37)14-19-8-10-20(11-9-19)22-12-13-24(38)26-23(22)15-33(5)16-34(6)27(17(2)3)29(39)25(18(4)36)31(41)35(34,43)32(42)28(33)30(26)40/h8-13,17,27,38-39,42-43H,7,14-16H2,1-6H3/t27?,33-,34-,35+/m1/s1. The number of phenolic OH excluding ortho intramolecular Hbond substituents is 1. The first-order chi connectivity index (χ1) is 20.0. The molecule has 0 saturated heterocycles. The summed E-state index contributed by atoms with van der Waals surface area (Å²) in [7, 11) is 0. The number of ketones is 4. The van der Waals surface area contributed by atoms with Crippen molar-refractivity contribution in [1.29, 1.82) is 0 Å². The molecule has 43 heavy (non-hydrogen) atoms. The second-order valence-corrected chi connectivity index (χ2v) is 13.2. The molecule has 8 nitrogen and oxygen atoms in total. The van der Waals surface area contributed by atoms with Crippen LogP contribution in [0.15, 0.2) is 59.1 Å². The number of hydrogen-bond donors (Lipinski definition) is 4. The Kier molecular flexibility index (Phi) is 7.08. The molecule has 2 aromatic rings. The molecule has 0 amide bonds. The topological polar surface area (TPSA) is 149 Å². The van der Waals surface area contributed by atoms with E-state index in [-0.39, 0.29) is 41.4 Å². The zero-order chi connectivity index (χ0) is 31.8. The molecule has 3 aliphatic rings. The maximum Gasteiger partial charge on any atom is 0.209 e. The fourth-order valence-corrected chi connectivity index (χ4v) is 8.16. The minimum absolute atomic E-state index is 0.0252. The van der Waals surface area contributed by atoms with Crippen molar-refractivity contribution in [3.05, 3.63) is 75.8 Å². The number of allylic oxidation sites excluding steroid dienone is 2. The lowest BCUT2D eigenvalue weighted by atomic mass is 9.44. The van der Waals surface area contributed by atoms with E-state index in [9.17, 15) is 39.6 Å². The van der Waals surface area contributed by atoms with Crippen LogP contribution in [0.25, 0.3) is 11.1 Å². The summed E-state index contributed by atoms with van der Waals surface area (Å²) in [5.74, 6) is -5.25. The molecule has 0 spiro atoms. The molecule has 3 aliphatic carbocycles. The van der Waals surface area contributed by atoms with Gasteiger partial charge in [-0.1, -0.05) is 65.0 Å². The lowest BCUT2D eigenvalue weighted by Crippen LogP contribution is -2.67. The fourth-order valence-electron chi connectivity index (χ4n) is 8.16. The van der Waals surface area contributed by atoms with Crippen LogP contribution in [0, 0.1) is 22.7 Å². The van der Waals surface area contributed by atoms with Crippen LogP contribution in [0.3, 0.4) is 0 Å². The molecule has 8 heteroatoms. The average Bonchev–Trinajstić information content (AvgIpc) is 2.91. The van der Waals surface area contributed by atoms with Crippen molar-refractivity contribution in [2.75, 3.05) is 0 Å². The van der Waals surface area contributed by atoms with E-state index in [1.807, 2.05) is 31.2 Å². The van der Waals surface area contributed by atoms with Crippen LogP contribution in [0.1, 0.15) is 75.9 Å². The van der Waals surface area contributed by atoms with E-state index < -0.39 is 56.8 Å². The molecular formula is C35H38O8. The maximum absolute atomic E-state index is 14.2. The number of hydrogen-bond acceptors (Lipinski definition) is 8. The van der Waals surface area contributed by atoms with E-state index >= 15 is 0 Å². The third-order valence-electron chi connectivity index (χ3n) is 9.95. The molecule has 4 atom stereocenters. The van der Waals surface area contributed by atoms with E-state index in [1.165, 1.54) is 6.07 Å². The Morgan fingerprint density at radius 3 is 2.19 bits per heavy atom. The van der Waals surface area contributed by atoms with Crippen LogP contribution in [0.2, 0.25) is 0 Å². The van der Waals surface area contributed by atoms with E-state index in [0.717, 1.165) is 18.1 Å². The van der Waals surface area contributed by atoms with Gasteiger partial charge < -0.3 is 20.4 Å². The van der Waals surface area contributed by atoms with E-state index in [0.29, 0.717) is 24.0 Å². The van der Waals surface area contributed by atoms with Crippen LogP contribution < -0.4 is 0 Å². The van der Waals surface area contributed by atoms with E-state index in [2.05, 4.69) is 0 Å². The van der Waals surface area contributed by atoms with Gasteiger partial charge in [-0.15, -0.1) is 0 Å². The number of phenols is 1. The molecule has 0 saturated carbocycles. The van der Waals surface area contributed by atoms with Gasteiger partial charge in [0.05, 0.1) is 5.56 Å². The normalized spacial score (nSPS) is 28.5. The third-order valence-corrected chi connectivity index (χ3v) is 9.95. The van der Waals surface area contributed by atoms with Gasteiger partial charge in [0, 0.05) is 35.2 Å². The van der Waals surface area contributed by atoms with Gasteiger partial charge >= 0.3 is 0 Å². The Balaban J connectivity index is 1.72. The smallest absolute Gasteiger partial charge is 0.209 e. The number of carbonyl (C=O) groups excluding carboxylic acids is 4. The van der Waals surface area contributed by atoms with Crippen LogP contribution in [0.5, 0.6) is 5.75 Å². The Morgan fingerprint density at radius 1 is 1.00 bits per heavy atom. The minimum Gasteiger partial charge on any atom is -0.511 e. The summed E-state index contributed by atoms with van der Waals surface area (Å²) in [4.78, 5) is 52.5. The lowest BCUT2D eigenvalue weighted by molar-refractivity contribution is -0.171. The number of carbonyl (C=O) groups is 4. The molecule has 0 aromatic heterocycles. The lowest BCUT2D eigenvalue weighted by Gasteiger charge is -2.59. The molecule has 0 aliphatic heterocycles. The van der Waals surface area contributed by atoms with Gasteiger partial charge in [0.2, 0.25) is 5.78 Å². The number of aliphatic hydroxyl groups excluding tert-OH is 2. The predicted molar refractivity (Wildman–Crippen MR) is 160 cm³/mol. The van der Waals surface area contributed by atoms with Crippen LogP contribution >= 0.6 is 0 Å². The van der Waals surface area contributed by atoms with Crippen LogP contribution in [-0.2, 0) is 27.2 Å². The first kappa shape index (κ1) is 30.4. The number of fused-ring (bicyclic) bond motifs is 3. The highest BCUT2D eigenvalue weighted by Gasteiger charge is 2.71. The summed E-state index contributed by atoms with van der Waals surface area (Å²) in [6.45, 7) is 9.92. The van der Waals surface area contributed by atoms with Crippen molar-refractivity contribution < 1.29 is 39.6 Å². The zero-order valence-corrected chi connectivity index (χ0v) is 25.4. The van der Waals surface area contributed by atoms with Crippen molar-refractivity contribution in [3.63, 3.8) is 0 Å². The Bertz CT molecular complexity index is 1660. The second-order valence-electron chi connectivity index (χ2n) is 13.2. The Hall–Kier alpha value is -4.04. The van der Waals surface area contributed by atoms with Gasteiger partial charge in [-0.2, -0.15) is 0 Å². The van der Waals surface area contributed by atoms with Crippen molar-refractivity contribution in [2.45, 2.75) is 72.8 Å². The largest absolute Gasteiger partial charge is 0.511 e. The van der Waals surface area contributed by atoms with Crippen LogP contribution in [-0.4, -0.2) is 49.2 Å². The molecule has 4 N–H and O–H groups in total. The Labute approximate surface area is 250 Å². The number of Topliss-reactive ketones (excluding diaryl/α,β-unsaturated/α-hetero) is 4. The van der Waals surface area contributed by atoms with Gasteiger partial charge in [-0.25, -0.2) is 0 Å². The van der Waals surface area contributed by atoms with Crippen molar-refractivity contribution in [2.24, 2.45) is 22.7 Å². The molecule has 2 aromatic carbocycles. The maximum atomic E-state index is 14.2. The molecule has 1 unspecified atom stereocenters. The summed E-state index contributed by atoms with van der Waals surface area (Å²) in [5, 5.41) is 46.2. The van der Waals surface area contributed by atoms with Gasteiger partial charge in [0.1, 0.15) is 28.6 Å². The summed E-state index contributed by atoms with van der Waals surface area (Å²) >= 11 is 0. The number of benzene rings is 2. The third kappa shape index (κ3) is 4.13. The minimum atomic E-state index is -2.64. The molecule has 5 rings (SSSR count). The summed E-state index contributed by atoms with van der Waals surface area (Å²) < 4.78 is 0. The number of rotatable bonds is 6. The van der Waals surface area contributed by atoms with Gasteiger partial charge in [-0.3, -0.25) is 19.2 Å². The van der Waals surface area contributed by atoms with Gasteiger partial charge in [-0.05, 0) is 54.0 Å². The first-order valence-corrected chi connectivity index (χ1v) is 14.7. The summed E-state index contributed by atoms with van der Waals surface area (Å²) in [6.07, 6.45) is 0.968. The van der Waals surface area contributed by atoms with Gasteiger partial charge in [0.15, 0.2) is 17.2 Å². The second kappa shape index (κ2) is 10.0. The highest BCUT2D eigenvalue weighted by atomic mass is 16.3. The van der Waals surface area contributed by atoms with E-state index in [1.54, 1.807) is 33.8 Å². The average molecular weight is 587 g/mol. The first-order valence-electron chi connectivity index (χ1n) is 14.7. The zero-order valence-electron chi connectivity index (χ0n) is 25.4. The highest BCUT2D eigenvalue weighted by molar-refractivity contribution is 6.25. The molecule has 0 fully saturated rings. The molecule has 226 valence electrons. The fraction of sp³-hybridized carbons (Fsp3) is 0.429. The van der Waals surface area contributed by atoms with Crippen LogP contribution in [0.4, 0.5) is 0 Å². The quantitative estimate of drug-likeness (QED) is 0.323. The molecule has 0 heterocycles. The summed E-state index contributed by atoms with van der Waals surface area (Å²) in [5.41, 5.74) is -3.12. The highest BCUT2D eigenvalue weighted by Crippen LogP contribution is 2.65. The monoisotopic (exact) mass is 586 g/mol. The SMILES string of the molecule is CCC(=O)Cc1ccc(-c2ccc(O)c3c2C[C@]2(C)C[C@]4(C)C(C(C)C)C(O)=C(C(C)=O)C(=O)[C@]4(O)C(O)=C2C3=O)cc1. The Morgan fingerprint density at radius 2 is 1.63 bits per heavy atom. The number of aliphatic hydroxyl groups is 3. The van der Waals surface area contributed by atoms with Crippen molar-refractivity contribution in [1.82, 2.24) is 0 Å². The molecule has 0 radical (unpaired) electrons. The number of aromatic hydroxyl groups is 1. The summed E-state index contributed by atoms with van der Waals surface area (Å²) in [6, 6.07) is 10.6. The van der Waals surface area contributed by atoms with E-state index in [4.69, 9.17) is 0 Å².